The largest absolute Gasteiger partial charge is 0.353 e. The molecule has 16 heavy (non-hydrogen) atoms. The van der Waals surface area contributed by atoms with Crippen molar-refractivity contribution in [2.24, 2.45) is 5.73 Å². The summed E-state index contributed by atoms with van der Waals surface area (Å²) in [6.07, 6.45) is 4.85. The molecule has 0 fully saturated rings. The molecule has 0 aromatic carbocycles. The number of rotatable bonds is 6. The van der Waals surface area contributed by atoms with E-state index >= 15 is 0 Å². The van der Waals surface area contributed by atoms with E-state index < -0.39 is 0 Å². The quantitative estimate of drug-likeness (QED) is 0.747. The second-order valence-electron chi connectivity index (χ2n) is 3.97. The summed E-state index contributed by atoms with van der Waals surface area (Å²) in [5, 5.41) is 0. The number of aromatic nitrogens is 1. The number of hydrogen-bond donors (Lipinski definition) is 1. The van der Waals surface area contributed by atoms with Crippen LogP contribution in [0.5, 0.6) is 0 Å². The lowest BCUT2D eigenvalue weighted by atomic mass is 10.1. The lowest BCUT2D eigenvalue weighted by molar-refractivity contribution is 0.787. The lowest BCUT2D eigenvalue weighted by Gasteiger charge is -2.21. The maximum atomic E-state index is 5.79. The van der Waals surface area contributed by atoms with E-state index in [1.807, 2.05) is 31.3 Å². The van der Waals surface area contributed by atoms with Crippen LogP contribution in [0.4, 0.5) is 5.82 Å². The molecule has 0 saturated carbocycles. The highest BCUT2D eigenvalue weighted by Gasteiger charge is 2.06. The van der Waals surface area contributed by atoms with Crippen LogP contribution in [0.1, 0.15) is 31.9 Å². The SMILES string of the molecule is C=CCN(CCC)c1ccc(C(C)N)cn1. The van der Waals surface area contributed by atoms with Crippen molar-refractivity contribution in [2.45, 2.75) is 26.3 Å². The summed E-state index contributed by atoms with van der Waals surface area (Å²) in [6, 6.07) is 4.11. The van der Waals surface area contributed by atoms with E-state index in [4.69, 9.17) is 5.73 Å². The van der Waals surface area contributed by atoms with Gasteiger partial charge in [-0.25, -0.2) is 4.98 Å². The van der Waals surface area contributed by atoms with Crippen LogP contribution in [-0.4, -0.2) is 18.1 Å². The molecule has 3 nitrogen and oxygen atoms in total. The molecule has 0 spiro atoms. The summed E-state index contributed by atoms with van der Waals surface area (Å²) in [7, 11) is 0. The minimum absolute atomic E-state index is 0.0422. The Labute approximate surface area is 98.0 Å². The minimum Gasteiger partial charge on any atom is -0.353 e. The fourth-order valence-electron chi connectivity index (χ4n) is 1.58. The smallest absolute Gasteiger partial charge is 0.128 e. The molecule has 3 heteroatoms. The van der Waals surface area contributed by atoms with Gasteiger partial charge in [-0.05, 0) is 25.0 Å². The summed E-state index contributed by atoms with van der Waals surface area (Å²) >= 11 is 0. The lowest BCUT2D eigenvalue weighted by Crippen LogP contribution is -2.25. The predicted molar refractivity (Wildman–Crippen MR) is 69.5 cm³/mol. The van der Waals surface area contributed by atoms with E-state index in [1.165, 1.54) is 0 Å². The highest BCUT2D eigenvalue weighted by Crippen LogP contribution is 2.14. The fourth-order valence-corrected chi connectivity index (χ4v) is 1.58. The second-order valence-corrected chi connectivity index (χ2v) is 3.97. The number of nitrogens with two attached hydrogens (primary N) is 1. The molecule has 1 atom stereocenters. The third kappa shape index (κ3) is 3.35. The molecule has 1 rings (SSSR count). The molecule has 0 amide bonds. The van der Waals surface area contributed by atoms with Gasteiger partial charge in [0.05, 0.1) is 0 Å². The van der Waals surface area contributed by atoms with Crippen LogP contribution in [0.3, 0.4) is 0 Å². The van der Waals surface area contributed by atoms with Crippen LogP contribution in [0.25, 0.3) is 0 Å². The average molecular weight is 219 g/mol. The first-order chi connectivity index (χ1) is 7.69. The highest BCUT2D eigenvalue weighted by molar-refractivity contribution is 5.40. The van der Waals surface area contributed by atoms with Gasteiger partial charge in [-0.1, -0.05) is 19.1 Å². The molecular formula is C13H21N3. The number of hydrogen-bond acceptors (Lipinski definition) is 3. The Hall–Kier alpha value is -1.35. The second kappa shape index (κ2) is 6.28. The summed E-state index contributed by atoms with van der Waals surface area (Å²) < 4.78 is 0. The van der Waals surface area contributed by atoms with Gasteiger partial charge in [-0.2, -0.15) is 0 Å². The molecule has 1 heterocycles. The molecule has 0 saturated heterocycles. The number of anilines is 1. The third-order valence-corrected chi connectivity index (χ3v) is 2.46. The van der Waals surface area contributed by atoms with E-state index in [0.29, 0.717) is 0 Å². The molecule has 0 aliphatic heterocycles. The van der Waals surface area contributed by atoms with E-state index in [0.717, 1.165) is 30.9 Å². The Kier molecular flexibility index (Phi) is 4.99. The predicted octanol–water partition coefficient (Wildman–Crippen LogP) is 2.50. The van der Waals surface area contributed by atoms with Crippen molar-refractivity contribution in [3.8, 4) is 0 Å². The highest BCUT2D eigenvalue weighted by atomic mass is 15.2. The van der Waals surface area contributed by atoms with Crippen LogP contribution >= 0.6 is 0 Å². The molecule has 0 bridgehead atoms. The van der Waals surface area contributed by atoms with Crippen LogP contribution in [0, 0.1) is 0 Å². The maximum absolute atomic E-state index is 5.79. The molecule has 1 aromatic heterocycles. The molecule has 0 aliphatic rings. The molecule has 88 valence electrons. The van der Waals surface area contributed by atoms with Gasteiger partial charge in [-0.15, -0.1) is 6.58 Å². The van der Waals surface area contributed by atoms with Gasteiger partial charge >= 0.3 is 0 Å². The molecule has 1 unspecified atom stereocenters. The fraction of sp³-hybridized carbons (Fsp3) is 0.462. The summed E-state index contributed by atoms with van der Waals surface area (Å²) in [4.78, 5) is 6.64. The molecule has 0 aliphatic carbocycles. The zero-order chi connectivity index (χ0) is 12.0. The number of pyridine rings is 1. The van der Waals surface area contributed by atoms with Crippen molar-refractivity contribution in [3.05, 3.63) is 36.5 Å². The first kappa shape index (κ1) is 12.7. The average Bonchev–Trinajstić information content (AvgIpc) is 2.29. The zero-order valence-corrected chi connectivity index (χ0v) is 10.2. The monoisotopic (exact) mass is 219 g/mol. The van der Waals surface area contributed by atoms with Crippen molar-refractivity contribution in [3.63, 3.8) is 0 Å². The topological polar surface area (TPSA) is 42.1 Å². The van der Waals surface area contributed by atoms with Crippen LogP contribution in [0.2, 0.25) is 0 Å². The Morgan fingerprint density at radius 2 is 2.31 bits per heavy atom. The standard InChI is InChI=1S/C13H21N3/c1-4-8-16(9-5-2)13-7-6-12(10-15-13)11(3)14/h4,6-7,10-11H,1,5,8-9,14H2,2-3H3. The summed E-state index contributed by atoms with van der Waals surface area (Å²) in [6.45, 7) is 9.71. The Balaban J connectivity index is 2.80. The normalized spacial score (nSPS) is 12.2. The van der Waals surface area contributed by atoms with Crippen LogP contribution < -0.4 is 10.6 Å². The van der Waals surface area contributed by atoms with E-state index in [9.17, 15) is 0 Å². The summed E-state index contributed by atoms with van der Waals surface area (Å²) in [5.41, 5.74) is 6.86. The van der Waals surface area contributed by atoms with Crippen LogP contribution in [0.15, 0.2) is 31.0 Å². The minimum atomic E-state index is 0.0422. The van der Waals surface area contributed by atoms with Crippen molar-refractivity contribution in [1.82, 2.24) is 4.98 Å². The van der Waals surface area contributed by atoms with Crippen molar-refractivity contribution < 1.29 is 0 Å². The molecule has 0 radical (unpaired) electrons. The van der Waals surface area contributed by atoms with Crippen molar-refractivity contribution >= 4 is 5.82 Å². The van der Waals surface area contributed by atoms with E-state index in [2.05, 4.69) is 23.4 Å². The Morgan fingerprint density at radius 3 is 2.75 bits per heavy atom. The van der Waals surface area contributed by atoms with Gasteiger partial charge in [0.25, 0.3) is 0 Å². The van der Waals surface area contributed by atoms with Gasteiger partial charge in [0.1, 0.15) is 5.82 Å². The van der Waals surface area contributed by atoms with Crippen molar-refractivity contribution in [1.29, 1.82) is 0 Å². The van der Waals surface area contributed by atoms with Gasteiger partial charge in [0.2, 0.25) is 0 Å². The van der Waals surface area contributed by atoms with Gasteiger partial charge < -0.3 is 10.6 Å². The van der Waals surface area contributed by atoms with Crippen LogP contribution in [-0.2, 0) is 0 Å². The van der Waals surface area contributed by atoms with E-state index in [-0.39, 0.29) is 6.04 Å². The molecular weight excluding hydrogens is 198 g/mol. The third-order valence-electron chi connectivity index (χ3n) is 2.46. The van der Waals surface area contributed by atoms with E-state index in [1.54, 1.807) is 0 Å². The molecule has 2 N–H and O–H groups in total. The van der Waals surface area contributed by atoms with Crippen molar-refractivity contribution in [2.75, 3.05) is 18.0 Å². The van der Waals surface area contributed by atoms with Gasteiger partial charge in [0.15, 0.2) is 0 Å². The maximum Gasteiger partial charge on any atom is 0.128 e. The first-order valence-electron chi connectivity index (χ1n) is 5.76. The summed E-state index contributed by atoms with van der Waals surface area (Å²) in [5.74, 6) is 0.992. The van der Waals surface area contributed by atoms with Gasteiger partial charge in [-0.3, -0.25) is 0 Å². The number of nitrogens with zero attached hydrogens (tertiary/aromatic N) is 2. The Morgan fingerprint density at radius 1 is 1.56 bits per heavy atom. The Bertz CT molecular complexity index is 316. The molecule has 1 aromatic rings. The first-order valence-corrected chi connectivity index (χ1v) is 5.76. The zero-order valence-electron chi connectivity index (χ0n) is 10.2. The van der Waals surface area contributed by atoms with Gasteiger partial charge in [0, 0.05) is 25.3 Å².